The van der Waals surface area contributed by atoms with Gasteiger partial charge in [0, 0.05) is 23.4 Å². The summed E-state index contributed by atoms with van der Waals surface area (Å²) in [5.41, 5.74) is 1.78. The summed E-state index contributed by atoms with van der Waals surface area (Å²) in [5.74, 6) is 8.37. The van der Waals surface area contributed by atoms with Gasteiger partial charge in [-0.25, -0.2) is 0 Å². The Morgan fingerprint density at radius 3 is 1.53 bits per heavy atom. The maximum atomic E-state index is 11.4. The fourth-order valence-corrected chi connectivity index (χ4v) is 6.52. The maximum absolute atomic E-state index is 11.4. The number of ether oxygens (including phenoxy) is 2. The zero-order valence-electron chi connectivity index (χ0n) is 28.5. The van der Waals surface area contributed by atoms with E-state index >= 15 is 0 Å². The molecule has 0 spiro atoms. The highest BCUT2D eigenvalue weighted by Gasteiger charge is 2.10. The monoisotopic (exact) mass is 746 g/mol. The Bertz CT molecular complexity index is 1120. The second-order valence-corrected chi connectivity index (χ2v) is 14.6. The Morgan fingerprint density at radius 1 is 0.622 bits per heavy atom. The second-order valence-electron chi connectivity index (χ2n) is 12.2. The van der Waals surface area contributed by atoms with E-state index in [0.29, 0.717) is 6.61 Å². The lowest BCUT2D eigenvalue weighted by molar-refractivity contribution is -0.109. The van der Waals surface area contributed by atoms with Gasteiger partial charge in [0.05, 0.1) is 22.3 Å². The van der Waals surface area contributed by atoms with E-state index in [9.17, 15) is 4.79 Å². The average Bonchev–Trinajstić information content (AvgIpc) is 3.03. The summed E-state index contributed by atoms with van der Waals surface area (Å²) >= 11 is 3.60. The van der Waals surface area contributed by atoms with Crippen molar-refractivity contribution in [2.45, 2.75) is 154 Å². The van der Waals surface area contributed by atoms with Crippen LogP contribution in [0.5, 0.6) is 11.5 Å². The molecule has 0 aliphatic carbocycles. The number of carbonyl (C=O) groups excluding carboxylic acids is 1. The molecule has 0 unspecified atom stereocenters. The smallest absolute Gasteiger partial charge is 0.190 e. The number of rotatable bonds is 25. The van der Waals surface area contributed by atoms with E-state index in [1.165, 1.54) is 127 Å². The molecule has 0 aliphatic rings. The maximum Gasteiger partial charge on any atom is 0.190 e. The van der Waals surface area contributed by atoms with Crippen molar-refractivity contribution in [1.82, 2.24) is 0 Å². The number of hydrogen-bond acceptors (Lipinski definition) is 4. The fraction of sp³-hybridized carbons (Fsp3) is 0.625. The molecule has 0 N–H and O–H groups in total. The van der Waals surface area contributed by atoms with Crippen molar-refractivity contribution < 1.29 is 14.3 Å². The molecule has 250 valence electrons. The number of carbonyl (C=O) groups is 1. The summed E-state index contributed by atoms with van der Waals surface area (Å²) in [4.78, 5) is 12.4. The lowest BCUT2D eigenvalue weighted by atomic mass is 10.1. The van der Waals surface area contributed by atoms with Crippen molar-refractivity contribution in [1.29, 1.82) is 0 Å². The zero-order valence-corrected chi connectivity index (χ0v) is 31.5. The molecule has 0 aromatic heterocycles. The predicted octanol–water partition coefficient (Wildman–Crippen LogP) is 12.9. The molecule has 0 saturated carbocycles. The Morgan fingerprint density at radius 2 is 1.07 bits per heavy atom. The second kappa shape index (κ2) is 26.4. The molecule has 0 atom stereocenters. The summed E-state index contributed by atoms with van der Waals surface area (Å²) < 4.78 is 13.6. The fourth-order valence-electron chi connectivity index (χ4n) is 5.32. The molecule has 2 aromatic rings. The van der Waals surface area contributed by atoms with Gasteiger partial charge in [0.15, 0.2) is 5.12 Å². The highest BCUT2D eigenvalue weighted by atomic mass is 127. The molecule has 5 heteroatoms. The van der Waals surface area contributed by atoms with Crippen LogP contribution in [0, 0.1) is 15.4 Å². The minimum atomic E-state index is 0.0854. The van der Waals surface area contributed by atoms with Gasteiger partial charge < -0.3 is 9.47 Å². The quantitative estimate of drug-likeness (QED) is 0.0439. The average molecular weight is 747 g/mol. The van der Waals surface area contributed by atoms with Crippen LogP contribution in [0.2, 0.25) is 0 Å². The first-order valence-electron chi connectivity index (χ1n) is 17.9. The molecule has 0 amide bonds. The number of halogens is 1. The third kappa shape index (κ3) is 19.6. The van der Waals surface area contributed by atoms with Gasteiger partial charge in [0.25, 0.3) is 0 Å². The molecule has 0 aliphatic heterocycles. The van der Waals surface area contributed by atoms with E-state index in [4.69, 9.17) is 9.47 Å². The van der Waals surface area contributed by atoms with E-state index in [2.05, 4.69) is 60.4 Å². The van der Waals surface area contributed by atoms with Gasteiger partial charge in [-0.1, -0.05) is 153 Å². The van der Waals surface area contributed by atoms with Crippen LogP contribution in [0.4, 0.5) is 0 Å². The van der Waals surface area contributed by atoms with Gasteiger partial charge in [-0.15, -0.1) is 0 Å². The Labute approximate surface area is 293 Å². The summed E-state index contributed by atoms with van der Waals surface area (Å²) in [6.45, 7) is 7.57. The van der Waals surface area contributed by atoms with E-state index in [0.717, 1.165) is 50.5 Å². The first kappa shape index (κ1) is 39.5. The van der Waals surface area contributed by atoms with Gasteiger partial charge in [-0.3, -0.25) is 4.79 Å². The van der Waals surface area contributed by atoms with E-state index in [-0.39, 0.29) is 5.12 Å². The SMILES string of the molecule is CCCCCCCCCCCCOc1cc(C#Cc2ccc(SC(C)=O)cc2)c(OCCCCCCCCCCCC)cc1I. The van der Waals surface area contributed by atoms with Crippen LogP contribution in [-0.2, 0) is 4.79 Å². The molecule has 45 heavy (non-hydrogen) atoms. The largest absolute Gasteiger partial charge is 0.492 e. The third-order valence-electron chi connectivity index (χ3n) is 8.00. The summed E-state index contributed by atoms with van der Waals surface area (Å²) in [6, 6.07) is 12.0. The van der Waals surface area contributed by atoms with Crippen molar-refractivity contribution in [2.75, 3.05) is 13.2 Å². The number of benzene rings is 2. The highest BCUT2D eigenvalue weighted by Crippen LogP contribution is 2.31. The van der Waals surface area contributed by atoms with Crippen molar-refractivity contribution >= 4 is 39.5 Å². The molecule has 0 fully saturated rings. The minimum absolute atomic E-state index is 0.0854. The Hall–Kier alpha value is -1.65. The highest BCUT2D eigenvalue weighted by molar-refractivity contribution is 14.1. The van der Waals surface area contributed by atoms with Crippen molar-refractivity contribution in [3.05, 3.63) is 51.1 Å². The number of thioether (sulfide) groups is 1. The molecular formula is C40H59IO3S. The summed E-state index contributed by atoms with van der Waals surface area (Å²) in [6.07, 6.45) is 26.2. The third-order valence-corrected chi connectivity index (χ3v) is 9.64. The molecule has 2 rings (SSSR count). The van der Waals surface area contributed by atoms with Gasteiger partial charge in [-0.05, 0) is 65.8 Å². The van der Waals surface area contributed by atoms with E-state index in [1.54, 1.807) is 6.92 Å². The van der Waals surface area contributed by atoms with Crippen LogP contribution in [0.1, 0.15) is 160 Å². The van der Waals surface area contributed by atoms with Crippen LogP contribution in [-0.4, -0.2) is 18.3 Å². The molecule has 0 saturated heterocycles. The first-order valence-corrected chi connectivity index (χ1v) is 19.8. The zero-order chi connectivity index (χ0) is 32.4. The van der Waals surface area contributed by atoms with Gasteiger partial charge in [-0.2, -0.15) is 0 Å². The van der Waals surface area contributed by atoms with Crippen molar-refractivity contribution in [3.63, 3.8) is 0 Å². The Kier molecular flexibility index (Phi) is 23.2. The molecule has 0 radical (unpaired) electrons. The molecule has 0 heterocycles. The van der Waals surface area contributed by atoms with E-state index in [1.807, 2.05) is 24.3 Å². The number of unbranched alkanes of at least 4 members (excludes halogenated alkanes) is 18. The van der Waals surface area contributed by atoms with Gasteiger partial charge in [0.1, 0.15) is 11.5 Å². The lowest BCUT2D eigenvalue weighted by Crippen LogP contribution is -2.03. The Balaban J connectivity index is 1.89. The van der Waals surface area contributed by atoms with E-state index < -0.39 is 0 Å². The first-order chi connectivity index (χ1) is 22.0. The normalized spacial score (nSPS) is 10.8. The van der Waals surface area contributed by atoms with Gasteiger partial charge in [0.2, 0.25) is 0 Å². The summed E-state index contributed by atoms with van der Waals surface area (Å²) in [7, 11) is 0. The molecule has 3 nitrogen and oxygen atoms in total. The predicted molar refractivity (Wildman–Crippen MR) is 203 cm³/mol. The summed E-state index contributed by atoms with van der Waals surface area (Å²) in [5, 5.41) is 0.0854. The van der Waals surface area contributed by atoms with Crippen LogP contribution in [0.15, 0.2) is 41.3 Å². The van der Waals surface area contributed by atoms with Crippen LogP contribution in [0.25, 0.3) is 0 Å². The topological polar surface area (TPSA) is 35.5 Å². The van der Waals surface area contributed by atoms with Crippen LogP contribution >= 0.6 is 34.4 Å². The van der Waals surface area contributed by atoms with Crippen LogP contribution < -0.4 is 9.47 Å². The molecular weight excluding hydrogens is 687 g/mol. The molecule has 0 bridgehead atoms. The lowest BCUT2D eigenvalue weighted by Gasteiger charge is -2.13. The number of hydrogen-bond donors (Lipinski definition) is 0. The standard InChI is InChI=1S/C40H59IO3S/c1-4-6-8-10-12-14-16-18-20-22-30-43-39-33-38(41)40(44-31-23-21-19-17-15-13-11-9-7-5-2)32-36(39)27-24-35-25-28-37(29-26-35)45-34(3)42/h25-26,28-29,32-33H,4-23,30-31H2,1-3H3. The van der Waals surface area contributed by atoms with Crippen LogP contribution in [0.3, 0.4) is 0 Å². The molecule has 2 aromatic carbocycles. The van der Waals surface area contributed by atoms with Crippen molar-refractivity contribution in [2.24, 2.45) is 0 Å². The van der Waals surface area contributed by atoms with Crippen molar-refractivity contribution in [3.8, 4) is 23.3 Å². The van der Waals surface area contributed by atoms with Gasteiger partial charge >= 0.3 is 0 Å². The minimum Gasteiger partial charge on any atom is -0.492 e.